The molecule has 5 nitrogen and oxygen atoms in total. The van der Waals surface area contributed by atoms with E-state index in [0.717, 1.165) is 6.07 Å². The summed E-state index contributed by atoms with van der Waals surface area (Å²) in [5, 5.41) is 5.46. The standard InChI is InChI=1S/C12H17F2N3O2S/c1-2-15-11-9(13)5-10(14)12(17-11)16-6-8-3-4-20(18,19)7-8/h5,8H,2-4,6-7H2,1H3,(H2,15,16,17). The molecule has 1 aliphatic heterocycles. The van der Waals surface area contributed by atoms with E-state index in [0.29, 0.717) is 19.5 Å². The number of rotatable bonds is 5. The van der Waals surface area contributed by atoms with Crippen LogP contribution in [-0.4, -0.2) is 38.0 Å². The fraction of sp³-hybridized carbons (Fsp3) is 0.583. The van der Waals surface area contributed by atoms with E-state index in [4.69, 9.17) is 0 Å². The van der Waals surface area contributed by atoms with Crippen LogP contribution in [0, 0.1) is 17.6 Å². The molecule has 1 atom stereocenters. The van der Waals surface area contributed by atoms with E-state index in [2.05, 4.69) is 15.6 Å². The van der Waals surface area contributed by atoms with Crippen LogP contribution < -0.4 is 10.6 Å². The maximum Gasteiger partial charge on any atom is 0.168 e. The van der Waals surface area contributed by atoms with E-state index in [1.165, 1.54) is 0 Å². The molecule has 1 unspecified atom stereocenters. The SMILES string of the molecule is CCNc1nc(NCC2CCS(=O)(=O)C2)c(F)cc1F. The quantitative estimate of drug-likeness (QED) is 0.865. The van der Waals surface area contributed by atoms with Crippen molar-refractivity contribution in [3.05, 3.63) is 17.7 Å². The van der Waals surface area contributed by atoms with Crippen molar-refractivity contribution in [3.8, 4) is 0 Å². The van der Waals surface area contributed by atoms with Crippen molar-refractivity contribution in [2.45, 2.75) is 13.3 Å². The Kier molecular flexibility index (Phi) is 4.42. The lowest BCUT2D eigenvalue weighted by Crippen LogP contribution is -2.17. The van der Waals surface area contributed by atoms with Gasteiger partial charge in [-0.05, 0) is 19.3 Å². The molecule has 2 rings (SSSR count). The summed E-state index contributed by atoms with van der Waals surface area (Å²) >= 11 is 0. The smallest absolute Gasteiger partial charge is 0.168 e. The Morgan fingerprint density at radius 3 is 2.50 bits per heavy atom. The second kappa shape index (κ2) is 5.90. The predicted molar refractivity (Wildman–Crippen MR) is 73.6 cm³/mol. The number of sulfone groups is 1. The molecule has 112 valence electrons. The summed E-state index contributed by atoms with van der Waals surface area (Å²) in [4.78, 5) is 3.84. The average Bonchev–Trinajstić information content (AvgIpc) is 2.71. The van der Waals surface area contributed by atoms with Crippen LogP contribution in [0.2, 0.25) is 0 Å². The molecule has 0 spiro atoms. The summed E-state index contributed by atoms with van der Waals surface area (Å²) in [6, 6.07) is 0.763. The molecule has 0 bridgehead atoms. The number of nitrogens with one attached hydrogen (secondary N) is 2. The van der Waals surface area contributed by atoms with Crippen LogP contribution in [0.25, 0.3) is 0 Å². The zero-order valence-corrected chi connectivity index (χ0v) is 11.9. The summed E-state index contributed by atoms with van der Waals surface area (Å²) in [6.07, 6.45) is 0.554. The number of aromatic nitrogens is 1. The zero-order chi connectivity index (χ0) is 14.8. The van der Waals surface area contributed by atoms with Gasteiger partial charge in [-0.3, -0.25) is 0 Å². The van der Waals surface area contributed by atoms with Crippen LogP contribution >= 0.6 is 0 Å². The Bertz CT molecular complexity index is 593. The molecule has 8 heteroatoms. The minimum absolute atomic E-state index is 0.0181. The number of halogens is 2. The minimum atomic E-state index is -2.96. The van der Waals surface area contributed by atoms with Crippen LogP contribution in [0.1, 0.15) is 13.3 Å². The fourth-order valence-electron chi connectivity index (χ4n) is 2.16. The van der Waals surface area contributed by atoms with Gasteiger partial charge >= 0.3 is 0 Å². The third kappa shape index (κ3) is 3.56. The van der Waals surface area contributed by atoms with Crippen LogP contribution in [0.15, 0.2) is 6.07 Å². The molecule has 0 aromatic carbocycles. The summed E-state index contributed by atoms with van der Waals surface area (Å²) < 4.78 is 49.6. The van der Waals surface area contributed by atoms with Gasteiger partial charge in [0.1, 0.15) is 0 Å². The topological polar surface area (TPSA) is 71.1 Å². The van der Waals surface area contributed by atoms with Crippen LogP contribution in [-0.2, 0) is 9.84 Å². The minimum Gasteiger partial charge on any atom is -0.368 e. The summed E-state index contributed by atoms with van der Waals surface area (Å²) in [5.41, 5.74) is 0. The molecule has 0 saturated carbocycles. The summed E-state index contributed by atoms with van der Waals surface area (Å²) in [5.74, 6) is -1.41. The van der Waals surface area contributed by atoms with Crippen LogP contribution in [0.5, 0.6) is 0 Å². The van der Waals surface area contributed by atoms with Gasteiger partial charge in [-0.15, -0.1) is 0 Å². The van der Waals surface area contributed by atoms with Gasteiger partial charge in [0.15, 0.2) is 33.1 Å². The highest BCUT2D eigenvalue weighted by Gasteiger charge is 2.27. The van der Waals surface area contributed by atoms with Crippen molar-refractivity contribution in [1.82, 2.24) is 4.98 Å². The molecule has 1 aromatic rings. The Morgan fingerprint density at radius 2 is 1.95 bits per heavy atom. The highest BCUT2D eigenvalue weighted by molar-refractivity contribution is 7.91. The van der Waals surface area contributed by atoms with Gasteiger partial charge in [-0.2, -0.15) is 0 Å². The second-order valence-corrected chi connectivity index (χ2v) is 7.06. The van der Waals surface area contributed by atoms with Gasteiger partial charge in [-0.25, -0.2) is 22.2 Å². The highest BCUT2D eigenvalue weighted by Crippen LogP contribution is 2.22. The van der Waals surface area contributed by atoms with Gasteiger partial charge in [0.05, 0.1) is 11.5 Å². The number of hydrogen-bond donors (Lipinski definition) is 2. The maximum absolute atomic E-state index is 13.6. The number of anilines is 2. The first-order chi connectivity index (χ1) is 9.41. The van der Waals surface area contributed by atoms with E-state index in [1.807, 2.05) is 0 Å². The van der Waals surface area contributed by atoms with Crippen molar-refractivity contribution in [2.75, 3.05) is 35.2 Å². The van der Waals surface area contributed by atoms with Crippen LogP contribution in [0.4, 0.5) is 20.4 Å². The lowest BCUT2D eigenvalue weighted by atomic mass is 10.1. The van der Waals surface area contributed by atoms with Gasteiger partial charge in [0, 0.05) is 19.2 Å². The number of hydrogen-bond acceptors (Lipinski definition) is 5. The van der Waals surface area contributed by atoms with E-state index in [1.54, 1.807) is 6.92 Å². The normalized spacial score (nSPS) is 20.9. The Balaban J connectivity index is 2.04. The first-order valence-electron chi connectivity index (χ1n) is 6.45. The monoisotopic (exact) mass is 305 g/mol. The fourth-order valence-corrected chi connectivity index (χ4v) is 4.02. The van der Waals surface area contributed by atoms with Crippen molar-refractivity contribution >= 4 is 21.5 Å². The molecular weight excluding hydrogens is 288 g/mol. The molecule has 1 fully saturated rings. The maximum atomic E-state index is 13.6. The van der Waals surface area contributed by atoms with Crippen molar-refractivity contribution in [1.29, 1.82) is 0 Å². The highest BCUT2D eigenvalue weighted by atomic mass is 32.2. The van der Waals surface area contributed by atoms with Crippen molar-refractivity contribution in [2.24, 2.45) is 5.92 Å². The molecule has 1 saturated heterocycles. The van der Waals surface area contributed by atoms with Gasteiger partial charge in [0.2, 0.25) is 0 Å². The van der Waals surface area contributed by atoms with E-state index in [-0.39, 0.29) is 29.1 Å². The molecule has 2 N–H and O–H groups in total. The summed E-state index contributed by atoms with van der Waals surface area (Å²) in [7, 11) is -2.96. The molecule has 20 heavy (non-hydrogen) atoms. The largest absolute Gasteiger partial charge is 0.368 e. The zero-order valence-electron chi connectivity index (χ0n) is 11.1. The van der Waals surface area contributed by atoms with Gasteiger partial charge in [0.25, 0.3) is 0 Å². The molecule has 0 radical (unpaired) electrons. The van der Waals surface area contributed by atoms with Gasteiger partial charge in [-0.1, -0.05) is 0 Å². The molecule has 0 aliphatic carbocycles. The molecular formula is C12H17F2N3O2S. The van der Waals surface area contributed by atoms with Gasteiger partial charge < -0.3 is 10.6 Å². The van der Waals surface area contributed by atoms with Crippen molar-refractivity contribution < 1.29 is 17.2 Å². The Morgan fingerprint density at radius 1 is 1.30 bits per heavy atom. The number of pyridine rings is 1. The number of nitrogens with zero attached hydrogens (tertiary/aromatic N) is 1. The second-order valence-electron chi connectivity index (χ2n) is 4.83. The molecule has 1 aliphatic rings. The molecule has 0 amide bonds. The molecule has 2 heterocycles. The third-order valence-electron chi connectivity index (χ3n) is 3.16. The Hall–Kier alpha value is -1.44. The van der Waals surface area contributed by atoms with E-state index in [9.17, 15) is 17.2 Å². The third-order valence-corrected chi connectivity index (χ3v) is 5.00. The Labute approximate surface area is 116 Å². The lowest BCUT2D eigenvalue weighted by Gasteiger charge is -2.12. The molecule has 1 aromatic heterocycles. The van der Waals surface area contributed by atoms with Crippen LogP contribution in [0.3, 0.4) is 0 Å². The predicted octanol–water partition coefficient (Wildman–Crippen LogP) is 1.64. The lowest BCUT2D eigenvalue weighted by molar-refractivity contribution is 0.572. The van der Waals surface area contributed by atoms with Crippen molar-refractivity contribution in [3.63, 3.8) is 0 Å². The average molecular weight is 305 g/mol. The summed E-state index contributed by atoms with van der Waals surface area (Å²) in [6.45, 7) is 2.55. The van der Waals surface area contributed by atoms with E-state index < -0.39 is 21.5 Å². The first kappa shape index (κ1) is 15.0. The van der Waals surface area contributed by atoms with E-state index >= 15 is 0 Å². The first-order valence-corrected chi connectivity index (χ1v) is 8.27.